The summed E-state index contributed by atoms with van der Waals surface area (Å²) in [5, 5.41) is 7.91. The predicted molar refractivity (Wildman–Crippen MR) is 114 cm³/mol. The van der Waals surface area contributed by atoms with Gasteiger partial charge >= 0.3 is 0 Å². The smallest absolute Gasteiger partial charge is 0.255 e. The van der Waals surface area contributed by atoms with Crippen LogP contribution in [0.3, 0.4) is 0 Å². The van der Waals surface area contributed by atoms with Crippen LogP contribution in [-0.4, -0.2) is 18.4 Å². The van der Waals surface area contributed by atoms with Gasteiger partial charge in [-0.05, 0) is 60.4 Å². The van der Waals surface area contributed by atoms with Gasteiger partial charge < -0.3 is 15.4 Å². The number of hydrogen-bond donors (Lipinski definition) is 2. The van der Waals surface area contributed by atoms with Crippen molar-refractivity contribution < 1.29 is 14.3 Å². The topological polar surface area (TPSA) is 67.4 Å². The van der Waals surface area contributed by atoms with Crippen LogP contribution in [0.2, 0.25) is 0 Å². The monoisotopic (exact) mass is 388 g/mol. The van der Waals surface area contributed by atoms with Gasteiger partial charge in [0.1, 0.15) is 5.75 Å². The molecule has 29 heavy (non-hydrogen) atoms. The molecule has 0 radical (unpaired) electrons. The van der Waals surface area contributed by atoms with E-state index in [9.17, 15) is 9.59 Å². The standard InChI is InChI=1S/C24H24N2O3/c1-2-29-22-14-19-6-4-3-5-18(19)13-21(22)24(28)25-15-16-7-11-20(12-8-16)26-23(27)17-9-10-17/h3-8,11-14,17H,2,9-10,15H2,1H3,(H,25,28)(H,26,27). The Hall–Kier alpha value is -3.34. The molecular formula is C24H24N2O3. The SMILES string of the molecule is CCOc1cc2ccccc2cc1C(=O)NCc1ccc(NC(=O)C2CC2)cc1. The van der Waals surface area contributed by atoms with E-state index in [1.807, 2.05) is 67.6 Å². The minimum Gasteiger partial charge on any atom is -0.493 e. The third kappa shape index (κ3) is 4.57. The van der Waals surface area contributed by atoms with Crippen LogP contribution in [-0.2, 0) is 11.3 Å². The van der Waals surface area contributed by atoms with E-state index in [1.54, 1.807) is 0 Å². The number of rotatable bonds is 7. The van der Waals surface area contributed by atoms with Crippen molar-refractivity contribution in [3.8, 4) is 5.75 Å². The average Bonchev–Trinajstić information content (AvgIpc) is 3.58. The molecule has 2 N–H and O–H groups in total. The number of fused-ring (bicyclic) bond motifs is 1. The maximum absolute atomic E-state index is 12.8. The summed E-state index contributed by atoms with van der Waals surface area (Å²) in [6.45, 7) is 2.79. The first-order valence-corrected chi connectivity index (χ1v) is 9.97. The molecule has 0 spiro atoms. The van der Waals surface area contributed by atoms with Gasteiger partial charge in [-0.2, -0.15) is 0 Å². The van der Waals surface area contributed by atoms with Crippen LogP contribution >= 0.6 is 0 Å². The van der Waals surface area contributed by atoms with Gasteiger partial charge in [0.2, 0.25) is 5.91 Å². The molecule has 1 saturated carbocycles. The van der Waals surface area contributed by atoms with Crippen molar-refractivity contribution >= 4 is 28.3 Å². The number of carbonyl (C=O) groups excluding carboxylic acids is 2. The number of amides is 2. The molecule has 1 aliphatic rings. The van der Waals surface area contributed by atoms with Crippen LogP contribution in [0.25, 0.3) is 10.8 Å². The minimum absolute atomic E-state index is 0.0887. The Morgan fingerprint density at radius 2 is 1.69 bits per heavy atom. The highest BCUT2D eigenvalue weighted by molar-refractivity contribution is 6.01. The Kier molecular flexibility index (Phi) is 5.47. The predicted octanol–water partition coefficient (Wildman–Crippen LogP) is 4.52. The Morgan fingerprint density at radius 1 is 1.00 bits per heavy atom. The summed E-state index contributed by atoms with van der Waals surface area (Å²) < 4.78 is 5.69. The van der Waals surface area contributed by atoms with Crippen molar-refractivity contribution in [2.45, 2.75) is 26.3 Å². The summed E-state index contributed by atoms with van der Waals surface area (Å²) in [6.07, 6.45) is 1.96. The van der Waals surface area contributed by atoms with Gasteiger partial charge in [0, 0.05) is 18.2 Å². The van der Waals surface area contributed by atoms with Crippen molar-refractivity contribution in [3.05, 3.63) is 71.8 Å². The number of carbonyl (C=O) groups is 2. The maximum atomic E-state index is 12.8. The number of benzene rings is 3. The molecule has 0 atom stereocenters. The van der Waals surface area contributed by atoms with E-state index < -0.39 is 0 Å². The molecular weight excluding hydrogens is 364 g/mol. The Bertz CT molecular complexity index is 1040. The van der Waals surface area contributed by atoms with Crippen molar-refractivity contribution in [2.24, 2.45) is 5.92 Å². The lowest BCUT2D eigenvalue weighted by Gasteiger charge is -2.13. The molecule has 4 rings (SSSR count). The van der Waals surface area contributed by atoms with Crippen molar-refractivity contribution in [3.63, 3.8) is 0 Å². The second-order valence-electron chi connectivity index (χ2n) is 7.27. The summed E-state index contributed by atoms with van der Waals surface area (Å²) in [5.74, 6) is 0.674. The lowest BCUT2D eigenvalue weighted by atomic mass is 10.1. The van der Waals surface area contributed by atoms with Gasteiger partial charge in [0.25, 0.3) is 5.91 Å². The summed E-state index contributed by atoms with van der Waals surface area (Å²) in [6, 6.07) is 19.2. The third-order valence-corrected chi connectivity index (χ3v) is 5.02. The Labute approximate surface area is 170 Å². The fourth-order valence-electron chi connectivity index (χ4n) is 3.25. The Morgan fingerprint density at radius 3 is 2.34 bits per heavy atom. The number of hydrogen-bond acceptors (Lipinski definition) is 3. The van der Waals surface area contributed by atoms with E-state index in [4.69, 9.17) is 4.74 Å². The summed E-state index contributed by atoms with van der Waals surface area (Å²) >= 11 is 0. The summed E-state index contributed by atoms with van der Waals surface area (Å²) in [7, 11) is 0. The van der Waals surface area contributed by atoms with Crippen molar-refractivity contribution in [1.82, 2.24) is 5.32 Å². The molecule has 1 fully saturated rings. The van der Waals surface area contributed by atoms with Gasteiger partial charge in [-0.1, -0.05) is 36.4 Å². The van der Waals surface area contributed by atoms with Gasteiger partial charge in [0.05, 0.1) is 12.2 Å². The highest BCUT2D eigenvalue weighted by Crippen LogP contribution is 2.30. The van der Waals surface area contributed by atoms with Crippen LogP contribution in [0.4, 0.5) is 5.69 Å². The lowest BCUT2D eigenvalue weighted by molar-refractivity contribution is -0.117. The zero-order chi connectivity index (χ0) is 20.2. The molecule has 0 bridgehead atoms. The van der Waals surface area contributed by atoms with Crippen LogP contribution in [0.5, 0.6) is 5.75 Å². The van der Waals surface area contributed by atoms with E-state index in [-0.39, 0.29) is 17.7 Å². The minimum atomic E-state index is -0.176. The van der Waals surface area contributed by atoms with Crippen LogP contribution in [0, 0.1) is 5.92 Å². The maximum Gasteiger partial charge on any atom is 0.255 e. The summed E-state index contributed by atoms with van der Waals surface area (Å²) in [5.41, 5.74) is 2.27. The molecule has 3 aromatic rings. The fraction of sp³-hybridized carbons (Fsp3) is 0.250. The second-order valence-corrected chi connectivity index (χ2v) is 7.27. The van der Waals surface area contributed by atoms with Crippen LogP contribution in [0.15, 0.2) is 60.7 Å². The van der Waals surface area contributed by atoms with E-state index in [0.29, 0.717) is 24.5 Å². The van der Waals surface area contributed by atoms with Gasteiger partial charge in [-0.15, -0.1) is 0 Å². The largest absolute Gasteiger partial charge is 0.493 e. The quantitative estimate of drug-likeness (QED) is 0.625. The van der Waals surface area contributed by atoms with Crippen molar-refractivity contribution in [2.75, 3.05) is 11.9 Å². The third-order valence-electron chi connectivity index (χ3n) is 5.02. The van der Waals surface area contributed by atoms with Gasteiger partial charge in [-0.25, -0.2) is 0 Å². The van der Waals surface area contributed by atoms with Gasteiger partial charge in [-0.3, -0.25) is 9.59 Å². The summed E-state index contributed by atoms with van der Waals surface area (Å²) in [4.78, 5) is 24.6. The molecule has 1 aliphatic carbocycles. The van der Waals surface area contributed by atoms with E-state index >= 15 is 0 Å². The first-order valence-electron chi connectivity index (χ1n) is 9.97. The lowest BCUT2D eigenvalue weighted by Crippen LogP contribution is -2.23. The number of nitrogens with one attached hydrogen (secondary N) is 2. The van der Waals surface area contributed by atoms with E-state index in [2.05, 4.69) is 10.6 Å². The first kappa shape index (κ1) is 19.0. The van der Waals surface area contributed by atoms with Crippen LogP contribution in [0.1, 0.15) is 35.7 Å². The molecule has 0 heterocycles. The van der Waals surface area contributed by atoms with Crippen LogP contribution < -0.4 is 15.4 Å². The van der Waals surface area contributed by atoms with E-state index in [1.165, 1.54) is 0 Å². The average molecular weight is 388 g/mol. The molecule has 3 aromatic carbocycles. The number of ether oxygens (including phenoxy) is 1. The molecule has 0 unspecified atom stereocenters. The first-order chi connectivity index (χ1) is 14.1. The zero-order valence-corrected chi connectivity index (χ0v) is 16.4. The molecule has 5 heteroatoms. The highest BCUT2D eigenvalue weighted by atomic mass is 16.5. The normalized spacial score (nSPS) is 13.1. The molecule has 0 aromatic heterocycles. The van der Waals surface area contributed by atoms with Gasteiger partial charge in [0.15, 0.2) is 0 Å². The Balaban J connectivity index is 1.43. The zero-order valence-electron chi connectivity index (χ0n) is 16.4. The second kappa shape index (κ2) is 8.35. The molecule has 0 aliphatic heterocycles. The van der Waals surface area contributed by atoms with Crippen molar-refractivity contribution in [1.29, 1.82) is 0 Å². The molecule has 0 saturated heterocycles. The van der Waals surface area contributed by atoms with E-state index in [0.717, 1.165) is 34.9 Å². The molecule has 5 nitrogen and oxygen atoms in total. The fourth-order valence-corrected chi connectivity index (χ4v) is 3.25. The highest BCUT2D eigenvalue weighted by Gasteiger charge is 2.29. The molecule has 148 valence electrons. The number of anilines is 1. The molecule has 2 amide bonds.